The van der Waals surface area contributed by atoms with E-state index in [2.05, 4.69) is 20.6 Å². The van der Waals surface area contributed by atoms with Crippen LogP contribution in [0, 0.1) is 10.1 Å². The molecule has 1 aromatic heterocycles. The number of para-hydroxylation sites is 2. The Hall–Kier alpha value is -3.68. The lowest BCUT2D eigenvalue weighted by Gasteiger charge is -2.13. The molecule has 2 aromatic carbocycles. The fraction of sp³-hybridized carbons (Fsp3) is 0.200. The highest BCUT2D eigenvalue weighted by atomic mass is 16.6. The molecule has 8 nitrogen and oxygen atoms in total. The van der Waals surface area contributed by atoms with Crippen LogP contribution in [0.4, 0.5) is 23.0 Å². The molecule has 28 heavy (non-hydrogen) atoms. The van der Waals surface area contributed by atoms with Gasteiger partial charge in [-0.15, -0.1) is 0 Å². The van der Waals surface area contributed by atoms with Crippen LogP contribution in [0.15, 0.2) is 60.9 Å². The second-order valence-electron chi connectivity index (χ2n) is 5.89. The summed E-state index contributed by atoms with van der Waals surface area (Å²) in [5, 5.41) is 17.7. The van der Waals surface area contributed by atoms with Gasteiger partial charge in [-0.05, 0) is 31.0 Å². The molecule has 0 aliphatic rings. The van der Waals surface area contributed by atoms with E-state index in [0.717, 1.165) is 12.0 Å². The van der Waals surface area contributed by atoms with E-state index in [-0.39, 0.29) is 17.3 Å². The Balaban J connectivity index is 1.81. The Kier molecular flexibility index (Phi) is 6.35. The minimum atomic E-state index is -0.490. The van der Waals surface area contributed by atoms with E-state index in [1.807, 2.05) is 49.4 Å². The van der Waals surface area contributed by atoms with E-state index in [1.54, 1.807) is 12.1 Å². The van der Waals surface area contributed by atoms with E-state index >= 15 is 0 Å². The van der Waals surface area contributed by atoms with Crippen molar-refractivity contribution in [2.75, 3.05) is 23.8 Å². The largest absolute Gasteiger partial charge is 0.492 e. The van der Waals surface area contributed by atoms with Crippen molar-refractivity contribution >= 4 is 23.0 Å². The molecule has 0 unspecified atom stereocenters. The molecule has 2 N–H and O–H groups in total. The number of benzene rings is 2. The highest BCUT2D eigenvalue weighted by Gasteiger charge is 2.23. The summed E-state index contributed by atoms with van der Waals surface area (Å²) in [7, 11) is 0. The quantitative estimate of drug-likeness (QED) is 0.425. The second-order valence-corrected chi connectivity index (χ2v) is 5.89. The zero-order valence-corrected chi connectivity index (χ0v) is 15.5. The number of rotatable bonds is 9. The molecule has 0 radical (unpaired) electrons. The van der Waals surface area contributed by atoms with Crippen molar-refractivity contribution in [1.29, 1.82) is 0 Å². The van der Waals surface area contributed by atoms with E-state index in [0.29, 0.717) is 24.6 Å². The van der Waals surface area contributed by atoms with Crippen LogP contribution in [-0.2, 0) is 6.42 Å². The van der Waals surface area contributed by atoms with Crippen molar-refractivity contribution in [2.24, 2.45) is 0 Å². The smallest absolute Gasteiger partial charge is 0.353 e. The first-order valence-corrected chi connectivity index (χ1v) is 8.95. The molecule has 0 amide bonds. The first kappa shape index (κ1) is 19.1. The summed E-state index contributed by atoms with van der Waals surface area (Å²) in [5.74, 6) is 0.873. The van der Waals surface area contributed by atoms with Crippen molar-refractivity contribution in [3.63, 3.8) is 0 Å². The lowest BCUT2D eigenvalue weighted by molar-refractivity contribution is -0.383. The van der Waals surface area contributed by atoms with Gasteiger partial charge in [-0.1, -0.05) is 42.5 Å². The molecular weight excluding hydrogens is 358 g/mol. The predicted octanol–water partition coefficient (Wildman–Crippen LogP) is 4.18. The monoisotopic (exact) mass is 379 g/mol. The van der Waals surface area contributed by atoms with Crippen LogP contribution in [-0.4, -0.2) is 28.0 Å². The number of hydrogen-bond acceptors (Lipinski definition) is 7. The first-order valence-electron chi connectivity index (χ1n) is 8.95. The van der Waals surface area contributed by atoms with Gasteiger partial charge in [-0.3, -0.25) is 10.1 Å². The van der Waals surface area contributed by atoms with Crippen LogP contribution in [0.5, 0.6) is 5.75 Å². The maximum atomic E-state index is 11.7. The summed E-state index contributed by atoms with van der Waals surface area (Å²) in [6, 6.07) is 17.1. The number of anilines is 3. The average Bonchev–Trinajstić information content (AvgIpc) is 2.70. The normalized spacial score (nSPS) is 10.3. The molecule has 3 aromatic rings. The van der Waals surface area contributed by atoms with Gasteiger partial charge < -0.3 is 15.4 Å². The van der Waals surface area contributed by atoms with Crippen LogP contribution in [0.3, 0.4) is 0 Å². The third kappa shape index (κ3) is 4.73. The van der Waals surface area contributed by atoms with E-state index in [9.17, 15) is 10.1 Å². The maximum absolute atomic E-state index is 11.7. The van der Waals surface area contributed by atoms with Crippen LogP contribution in [0.2, 0.25) is 0 Å². The summed E-state index contributed by atoms with van der Waals surface area (Å²) < 4.78 is 5.56. The Morgan fingerprint density at radius 3 is 2.50 bits per heavy atom. The minimum absolute atomic E-state index is 0.106. The lowest BCUT2D eigenvalue weighted by Crippen LogP contribution is -2.11. The number of nitro groups is 1. The molecule has 0 fully saturated rings. The fourth-order valence-electron chi connectivity index (χ4n) is 2.72. The van der Waals surface area contributed by atoms with Gasteiger partial charge in [-0.25, -0.2) is 9.97 Å². The van der Waals surface area contributed by atoms with Crippen molar-refractivity contribution < 1.29 is 9.66 Å². The molecular formula is C20H21N5O3. The first-order chi connectivity index (χ1) is 13.7. The Morgan fingerprint density at radius 1 is 1.04 bits per heavy atom. The van der Waals surface area contributed by atoms with Crippen LogP contribution in [0.25, 0.3) is 0 Å². The van der Waals surface area contributed by atoms with Gasteiger partial charge in [0.25, 0.3) is 0 Å². The fourth-order valence-corrected chi connectivity index (χ4v) is 2.72. The molecule has 144 valence electrons. The van der Waals surface area contributed by atoms with Gasteiger partial charge in [0.05, 0.1) is 17.2 Å². The van der Waals surface area contributed by atoms with Crippen molar-refractivity contribution in [3.05, 3.63) is 76.6 Å². The predicted molar refractivity (Wildman–Crippen MR) is 108 cm³/mol. The van der Waals surface area contributed by atoms with Crippen LogP contribution >= 0.6 is 0 Å². The zero-order valence-electron chi connectivity index (χ0n) is 15.5. The zero-order chi connectivity index (χ0) is 19.8. The van der Waals surface area contributed by atoms with Gasteiger partial charge in [0.2, 0.25) is 11.6 Å². The van der Waals surface area contributed by atoms with E-state index in [4.69, 9.17) is 4.74 Å². The molecule has 0 aliphatic heterocycles. The third-order valence-corrected chi connectivity index (χ3v) is 3.99. The average molecular weight is 379 g/mol. The molecule has 1 heterocycles. The Morgan fingerprint density at radius 2 is 1.75 bits per heavy atom. The molecule has 0 atom stereocenters. The number of aromatic nitrogens is 2. The second kappa shape index (κ2) is 9.31. The SMILES string of the molecule is CCOc1ccccc1Nc1ncnc(NCCc2ccccc2)c1[N+](=O)[O-]. The highest BCUT2D eigenvalue weighted by molar-refractivity contribution is 5.75. The molecule has 0 bridgehead atoms. The summed E-state index contributed by atoms with van der Waals surface area (Å²) in [5.41, 5.74) is 1.53. The Bertz CT molecular complexity index is 934. The standard InChI is InChI=1S/C20H21N5O3/c1-2-28-17-11-7-6-10-16(17)24-20-18(25(26)27)19(22-14-23-20)21-13-12-15-8-4-3-5-9-15/h3-11,14H,2,12-13H2,1H3,(H2,21,22,23,24). The molecule has 0 spiro atoms. The Labute approximate surface area is 162 Å². The maximum Gasteiger partial charge on any atom is 0.353 e. The lowest BCUT2D eigenvalue weighted by atomic mass is 10.1. The van der Waals surface area contributed by atoms with E-state index < -0.39 is 4.92 Å². The summed E-state index contributed by atoms with van der Waals surface area (Å²) >= 11 is 0. The summed E-state index contributed by atoms with van der Waals surface area (Å²) in [6.45, 7) is 2.87. The number of nitrogens with one attached hydrogen (secondary N) is 2. The topological polar surface area (TPSA) is 102 Å². The number of nitrogens with zero attached hydrogens (tertiary/aromatic N) is 3. The highest BCUT2D eigenvalue weighted by Crippen LogP contribution is 2.34. The number of hydrogen-bond donors (Lipinski definition) is 2. The van der Waals surface area contributed by atoms with Gasteiger partial charge in [-0.2, -0.15) is 0 Å². The van der Waals surface area contributed by atoms with Crippen LogP contribution in [0.1, 0.15) is 12.5 Å². The summed E-state index contributed by atoms with van der Waals surface area (Å²) in [4.78, 5) is 19.3. The van der Waals surface area contributed by atoms with E-state index in [1.165, 1.54) is 6.33 Å². The van der Waals surface area contributed by atoms with Crippen molar-refractivity contribution in [1.82, 2.24) is 9.97 Å². The molecule has 0 aliphatic carbocycles. The van der Waals surface area contributed by atoms with Crippen molar-refractivity contribution in [3.8, 4) is 5.75 Å². The molecule has 0 saturated heterocycles. The summed E-state index contributed by atoms with van der Waals surface area (Å²) in [6.07, 6.45) is 2.02. The molecule has 0 saturated carbocycles. The van der Waals surface area contributed by atoms with Crippen molar-refractivity contribution in [2.45, 2.75) is 13.3 Å². The van der Waals surface area contributed by atoms with Gasteiger partial charge >= 0.3 is 5.69 Å². The van der Waals surface area contributed by atoms with Gasteiger partial charge in [0.15, 0.2) is 0 Å². The van der Waals surface area contributed by atoms with Crippen LogP contribution < -0.4 is 15.4 Å². The molecule has 3 rings (SSSR count). The third-order valence-electron chi connectivity index (χ3n) is 3.99. The van der Waals surface area contributed by atoms with Gasteiger partial charge in [0, 0.05) is 6.54 Å². The molecule has 8 heteroatoms. The van der Waals surface area contributed by atoms with Gasteiger partial charge in [0.1, 0.15) is 12.1 Å². The minimum Gasteiger partial charge on any atom is -0.492 e. The number of ether oxygens (including phenoxy) is 1.